The van der Waals surface area contributed by atoms with Crippen molar-refractivity contribution < 1.29 is 4.79 Å². The molecule has 1 atom stereocenters. The largest absolute Gasteiger partial charge is 0.350 e. The summed E-state index contributed by atoms with van der Waals surface area (Å²) < 4.78 is 0. The lowest BCUT2D eigenvalue weighted by Gasteiger charge is -2.33. The number of hydrogen-bond acceptors (Lipinski definition) is 5. The highest BCUT2D eigenvalue weighted by molar-refractivity contribution is 5.94. The molecule has 1 amide bonds. The summed E-state index contributed by atoms with van der Waals surface area (Å²) in [5.74, 6) is 0.0782. The standard InChI is InChI=1S/C16H19N5O3/c1-10-7-11(8-13(22)19-10)15(23)20-12-3-2-6-21(9-12)14-16(24)18-5-4-17-14/h4-5,7-8,12H,2-3,6,9H2,1H3,(H,18,24)(H,19,22)(H,20,23). The second-order valence-electron chi connectivity index (χ2n) is 5.92. The Morgan fingerprint density at radius 3 is 2.96 bits per heavy atom. The number of piperidine rings is 1. The molecule has 8 nitrogen and oxygen atoms in total. The molecule has 1 aliphatic heterocycles. The molecule has 8 heteroatoms. The number of nitrogens with one attached hydrogen (secondary N) is 3. The molecule has 0 spiro atoms. The zero-order valence-corrected chi connectivity index (χ0v) is 13.3. The topological polar surface area (TPSA) is 111 Å². The van der Waals surface area contributed by atoms with Gasteiger partial charge in [-0.05, 0) is 25.8 Å². The maximum atomic E-state index is 12.4. The van der Waals surface area contributed by atoms with Gasteiger partial charge in [-0.3, -0.25) is 14.4 Å². The molecule has 3 heterocycles. The highest BCUT2D eigenvalue weighted by Gasteiger charge is 2.24. The Balaban J connectivity index is 1.71. The first-order chi connectivity index (χ1) is 11.5. The Bertz CT molecular complexity index is 857. The summed E-state index contributed by atoms with van der Waals surface area (Å²) in [6, 6.07) is 2.82. The van der Waals surface area contributed by atoms with E-state index in [4.69, 9.17) is 0 Å². The summed E-state index contributed by atoms with van der Waals surface area (Å²) >= 11 is 0. The summed E-state index contributed by atoms with van der Waals surface area (Å²) in [6.45, 7) is 2.96. The third-order valence-electron chi connectivity index (χ3n) is 3.99. The smallest absolute Gasteiger partial charge is 0.290 e. The fraction of sp³-hybridized carbons (Fsp3) is 0.375. The summed E-state index contributed by atoms with van der Waals surface area (Å²) in [5.41, 5.74) is 0.433. The quantitative estimate of drug-likeness (QED) is 0.743. The lowest BCUT2D eigenvalue weighted by Crippen LogP contribution is -2.49. The van der Waals surface area contributed by atoms with Crippen LogP contribution >= 0.6 is 0 Å². The van der Waals surface area contributed by atoms with Gasteiger partial charge in [0.2, 0.25) is 5.56 Å². The van der Waals surface area contributed by atoms with Gasteiger partial charge in [-0.25, -0.2) is 4.98 Å². The Hall–Kier alpha value is -2.90. The summed E-state index contributed by atoms with van der Waals surface area (Å²) in [6.07, 6.45) is 4.69. The average Bonchev–Trinajstić information content (AvgIpc) is 2.54. The van der Waals surface area contributed by atoms with E-state index in [9.17, 15) is 14.4 Å². The fourth-order valence-corrected chi connectivity index (χ4v) is 2.94. The van der Waals surface area contributed by atoms with Crippen molar-refractivity contribution in [1.29, 1.82) is 0 Å². The number of H-pyrrole nitrogens is 2. The SMILES string of the molecule is Cc1cc(C(=O)NC2CCCN(c3ncc[nH]c3=O)C2)cc(=O)[nH]1. The Labute approximate surface area is 137 Å². The molecule has 0 aliphatic carbocycles. The second-order valence-corrected chi connectivity index (χ2v) is 5.92. The van der Waals surface area contributed by atoms with Gasteiger partial charge in [0.25, 0.3) is 11.5 Å². The van der Waals surface area contributed by atoms with Crippen LogP contribution in [0.25, 0.3) is 0 Å². The van der Waals surface area contributed by atoms with Crippen molar-refractivity contribution in [3.05, 3.63) is 56.5 Å². The minimum absolute atomic E-state index is 0.104. The number of aromatic nitrogens is 3. The molecule has 24 heavy (non-hydrogen) atoms. The van der Waals surface area contributed by atoms with E-state index in [0.29, 0.717) is 23.6 Å². The van der Waals surface area contributed by atoms with E-state index in [2.05, 4.69) is 20.3 Å². The van der Waals surface area contributed by atoms with Gasteiger partial charge in [-0.1, -0.05) is 0 Å². The third-order valence-corrected chi connectivity index (χ3v) is 3.99. The van der Waals surface area contributed by atoms with E-state index in [1.165, 1.54) is 18.5 Å². The van der Waals surface area contributed by atoms with Gasteiger partial charge in [0, 0.05) is 48.8 Å². The van der Waals surface area contributed by atoms with Crippen molar-refractivity contribution in [2.45, 2.75) is 25.8 Å². The van der Waals surface area contributed by atoms with Crippen LogP contribution in [0.3, 0.4) is 0 Å². The number of rotatable bonds is 3. The van der Waals surface area contributed by atoms with Crippen LogP contribution in [0.1, 0.15) is 28.9 Å². The van der Waals surface area contributed by atoms with E-state index in [1.54, 1.807) is 13.0 Å². The molecule has 0 bridgehead atoms. The van der Waals surface area contributed by atoms with Crippen LogP contribution in [0.15, 0.2) is 34.1 Å². The van der Waals surface area contributed by atoms with Gasteiger partial charge < -0.3 is 20.2 Å². The highest BCUT2D eigenvalue weighted by atomic mass is 16.2. The maximum Gasteiger partial charge on any atom is 0.290 e. The summed E-state index contributed by atoms with van der Waals surface area (Å²) in [4.78, 5) is 46.9. The van der Waals surface area contributed by atoms with Gasteiger partial charge in [0.1, 0.15) is 0 Å². The Kier molecular flexibility index (Phi) is 4.45. The first-order valence-electron chi connectivity index (χ1n) is 7.83. The van der Waals surface area contributed by atoms with Crippen LogP contribution in [-0.4, -0.2) is 40.0 Å². The molecular weight excluding hydrogens is 310 g/mol. The molecule has 1 aliphatic rings. The number of carbonyl (C=O) groups is 1. The number of amides is 1. The normalized spacial score (nSPS) is 17.5. The van der Waals surface area contributed by atoms with E-state index >= 15 is 0 Å². The molecule has 126 valence electrons. The highest BCUT2D eigenvalue weighted by Crippen LogP contribution is 2.14. The van der Waals surface area contributed by atoms with Crippen LogP contribution < -0.4 is 21.3 Å². The molecule has 1 fully saturated rings. The van der Waals surface area contributed by atoms with E-state index in [-0.39, 0.29) is 23.1 Å². The van der Waals surface area contributed by atoms with Gasteiger partial charge in [0.15, 0.2) is 5.82 Å². The molecular formula is C16H19N5O3. The van der Waals surface area contributed by atoms with Crippen LogP contribution in [-0.2, 0) is 0 Å². The first-order valence-corrected chi connectivity index (χ1v) is 7.83. The lowest BCUT2D eigenvalue weighted by atomic mass is 10.0. The third kappa shape index (κ3) is 3.53. The number of nitrogens with zero attached hydrogens (tertiary/aromatic N) is 2. The van der Waals surface area contributed by atoms with Crippen molar-refractivity contribution in [3.63, 3.8) is 0 Å². The summed E-state index contributed by atoms with van der Waals surface area (Å²) in [5, 5.41) is 2.94. The zero-order valence-electron chi connectivity index (χ0n) is 13.3. The number of aromatic amines is 2. The molecule has 1 unspecified atom stereocenters. The van der Waals surface area contributed by atoms with Crippen LogP contribution in [0.2, 0.25) is 0 Å². The fourth-order valence-electron chi connectivity index (χ4n) is 2.94. The number of hydrogen-bond donors (Lipinski definition) is 3. The Morgan fingerprint density at radius 2 is 2.21 bits per heavy atom. The molecule has 0 radical (unpaired) electrons. The van der Waals surface area contributed by atoms with Crippen LogP contribution in [0.4, 0.5) is 5.82 Å². The Morgan fingerprint density at radius 1 is 1.38 bits per heavy atom. The molecule has 2 aromatic heterocycles. The number of aryl methyl sites for hydroxylation is 1. The van der Waals surface area contributed by atoms with Crippen LogP contribution in [0, 0.1) is 6.92 Å². The predicted molar refractivity (Wildman–Crippen MR) is 89.4 cm³/mol. The molecule has 2 aromatic rings. The van der Waals surface area contributed by atoms with Crippen molar-refractivity contribution in [1.82, 2.24) is 20.3 Å². The van der Waals surface area contributed by atoms with Gasteiger partial charge in [-0.15, -0.1) is 0 Å². The van der Waals surface area contributed by atoms with Crippen molar-refractivity contribution in [2.75, 3.05) is 18.0 Å². The minimum Gasteiger partial charge on any atom is -0.350 e. The van der Waals surface area contributed by atoms with E-state index in [1.807, 2.05) is 4.90 Å². The maximum absolute atomic E-state index is 12.4. The number of anilines is 1. The van der Waals surface area contributed by atoms with Crippen molar-refractivity contribution in [2.24, 2.45) is 0 Å². The molecule has 1 saturated heterocycles. The zero-order chi connectivity index (χ0) is 17.1. The van der Waals surface area contributed by atoms with Gasteiger partial charge in [-0.2, -0.15) is 0 Å². The number of pyridine rings is 1. The first kappa shape index (κ1) is 16.0. The van der Waals surface area contributed by atoms with Crippen molar-refractivity contribution in [3.8, 4) is 0 Å². The van der Waals surface area contributed by atoms with Gasteiger partial charge in [0.05, 0.1) is 0 Å². The molecule has 0 aromatic carbocycles. The number of carbonyl (C=O) groups excluding carboxylic acids is 1. The average molecular weight is 329 g/mol. The van der Waals surface area contributed by atoms with Crippen molar-refractivity contribution >= 4 is 11.7 Å². The van der Waals surface area contributed by atoms with Crippen LogP contribution in [0.5, 0.6) is 0 Å². The summed E-state index contributed by atoms with van der Waals surface area (Å²) in [7, 11) is 0. The molecule has 3 rings (SSSR count). The second kappa shape index (κ2) is 6.69. The monoisotopic (exact) mass is 329 g/mol. The molecule has 0 saturated carbocycles. The lowest BCUT2D eigenvalue weighted by molar-refractivity contribution is 0.0932. The molecule has 3 N–H and O–H groups in total. The van der Waals surface area contributed by atoms with E-state index < -0.39 is 0 Å². The predicted octanol–water partition coefficient (Wildman–Crippen LogP) is 0.165. The minimum atomic E-state index is -0.301. The van der Waals surface area contributed by atoms with Gasteiger partial charge >= 0.3 is 0 Å². The van der Waals surface area contributed by atoms with E-state index in [0.717, 1.165) is 19.4 Å².